The zero-order valence-corrected chi connectivity index (χ0v) is 17.8. The maximum atomic E-state index is 13.0. The maximum absolute atomic E-state index is 13.0. The number of hydrogen-bond donors (Lipinski definition) is 2. The molecule has 0 aliphatic carbocycles. The van der Waals surface area contributed by atoms with Crippen LogP contribution in [0.3, 0.4) is 0 Å². The van der Waals surface area contributed by atoms with Gasteiger partial charge in [0.2, 0.25) is 5.91 Å². The predicted molar refractivity (Wildman–Crippen MR) is 120 cm³/mol. The lowest BCUT2D eigenvalue weighted by Gasteiger charge is -2.34. The molecular formula is C22H24ClN5O3. The standard InChI is InChI=1S/C22H24ClN5O3/c23-18-6-1-2-7-19(18)25-20(29)15-26-10-12-27(13-11-26)21(30)16-4-3-5-17(14-16)28-9-8-24-22(28)31/h1-7,14H,8-13,15H2,(H,24,31)(H,25,29). The smallest absolute Gasteiger partial charge is 0.321 e. The van der Waals surface area contributed by atoms with Crippen molar-refractivity contribution in [2.75, 3.05) is 56.0 Å². The fraction of sp³-hybridized carbons (Fsp3) is 0.318. The van der Waals surface area contributed by atoms with Crippen molar-refractivity contribution >= 4 is 40.8 Å². The molecule has 4 rings (SSSR count). The highest BCUT2D eigenvalue weighted by Crippen LogP contribution is 2.21. The number of rotatable bonds is 5. The van der Waals surface area contributed by atoms with E-state index in [1.807, 2.05) is 23.1 Å². The fourth-order valence-electron chi connectivity index (χ4n) is 3.77. The van der Waals surface area contributed by atoms with Gasteiger partial charge in [-0.3, -0.25) is 19.4 Å². The molecule has 2 aliphatic rings. The van der Waals surface area contributed by atoms with E-state index in [9.17, 15) is 14.4 Å². The number of nitrogens with one attached hydrogen (secondary N) is 2. The summed E-state index contributed by atoms with van der Waals surface area (Å²) in [5.74, 6) is -0.203. The van der Waals surface area contributed by atoms with Crippen molar-refractivity contribution in [1.29, 1.82) is 0 Å². The molecule has 2 heterocycles. The molecule has 2 aromatic carbocycles. The number of hydrogen-bond acceptors (Lipinski definition) is 4. The number of benzene rings is 2. The van der Waals surface area contributed by atoms with Gasteiger partial charge in [-0.25, -0.2) is 4.79 Å². The fourth-order valence-corrected chi connectivity index (χ4v) is 3.95. The van der Waals surface area contributed by atoms with Gasteiger partial charge in [0, 0.05) is 50.5 Å². The van der Waals surface area contributed by atoms with Gasteiger partial charge >= 0.3 is 6.03 Å². The average molecular weight is 442 g/mol. The molecular weight excluding hydrogens is 418 g/mol. The number of nitrogens with zero attached hydrogens (tertiary/aromatic N) is 3. The van der Waals surface area contributed by atoms with Gasteiger partial charge in [0.1, 0.15) is 0 Å². The van der Waals surface area contributed by atoms with E-state index in [4.69, 9.17) is 11.6 Å². The molecule has 4 amide bonds. The lowest BCUT2D eigenvalue weighted by Crippen LogP contribution is -2.50. The largest absolute Gasteiger partial charge is 0.336 e. The molecule has 0 radical (unpaired) electrons. The summed E-state index contributed by atoms with van der Waals surface area (Å²) in [4.78, 5) is 42.6. The summed E-state index contributed by atoms with van der Waals surface area (Å²) in [6.07, 6.45) is 0. The second kappa shape index (κ2) is 9.36. The normalized spacial score (nSPS) is 16.9. The van der Waals surface area contributed by atoms with E-state index in [1.54, 1.807) is 40.1 Å². The second-order valence-corrected chi connectivity index (χ2v) is 7.94. The van der Waals surface area contributed by atoms with Gasteiger partial charge in [-0.05, 0) is 30.3 Å². The molecule has 0 bridgehead atoms. The Morgan fingerprint density at radius 2 is 1.77 bits per heavy atom. The van der Waals surface area contributed by atoms with Gasteiger partial charge < -0.3 is 15.5 Å². The van der Waals surface area contributed by atoms with Crippen LogP contribution in [0.2, 0.25) is 5.02 Å². The van der Waals surface area contributed by atoms with E-state index in [-0.39, 0.29) is 24.4 Å². The summed E-state index contributed by atoms with van der Waals surface area (Å²) in [5, 5.41) is 6.09. The van der Waals surface area contributed by atoms with Gasteiger partial charge in [0.05, 0.1) is 17.3 Å². The van der Waals surface area contributed by atoms with Gasteiger partial charge in [-0.1, -0.05) is 29.8 Å². The molecule has 2 aromatic rings. The first-order chi connectivity index (χ1) is 15.0. The Morgan fingerprint density at radius 1 is 1.00 bits per heavy atom. The van der Waals surface area contributed by atoms with Crippen LogP contribution < -0.4 is 15.5 Å². The molecule has 2 fully saturated rings. The molecule has 162 valence electrons. The lowest BCUT2D eigenvalue weighted by molar-refractivity contribution is -0.117. The van der Waals surface area contributed by atoms with Crippen molar-refractivity contribution in [3.8, 4) is 0 Å². The zero-order valence-electron chi connectivity index (χ0n) is 17.0. The van der Waals surface area contributed by atoms with E-state index in [1.165, 1.54) is 0 Å². The molecule has 0 saturated carbocycles. The number of carbonyl (C=O) groups excluding carboxylic acids is 3. The summed E-state index contributed by atoms with van der Waals surface area (Å²) in [5.41, 5.74) is 1.87. The van der Waals surface area contributed by atoms with Gasteiger partial charge in [-0.15, -0.1) is 0 Å². The number of amides is 4. The van der Waals surface area contributed by atoms with Crippen LogP contribution in [0.25, 0.3) is 0 Å². The van der Waals surface area contributed by atoms with Gasteiger partial charge in [0.25, 0.3) is 5.91 Å². The van der Waals surface area contributed by atoms with Gasteiger partial charge in [-0.2, -0.15) is 0 Å². The molecule has 2 aliphatic heterocycles. The molecule has 9 heteroatoms. The van der Waals surface area contributed by atoms with Crippen molar-refractivity contribution < 1.29 is 14.4 Å². The maximum Gasteiger partial charge on any atom is 0.321 e. The van der Waals surface area contributed by atoms with Crippen molar-refractivity contribution in [3.05, 3.63) is 59.1 Å². The van der Waals surface area contributed by atoms with E-state index >= 15 is 0 Å². The van der Waals surface area contributed by atoms with Crippen LogP contribution in [0.5, 0.6) is 0 Å². The Bertz CT molecular complexity index is 991. The van der Waals surface area contributed by atoms with Crippen LogP contribution in [0.4, 0.5) is 16.2 Å². The van der Waals surface area contributed by atoms with Crippen molar-refractivity contribution in [3.63, 3.8) is 0 Å². The lowest BCUT2D eigenvalue weighted by atomic mass is 10.1. The van der Waals surface area contributed by atoms with E-state index < -0.39 is 0 Å². The molecule has 0 aromatic heterocycles. The van der Waals surface area contributed by atoms with Crippen molar-refractivity contribution in [2.45, 2.75) is 0 Å². The highest BCUT2D eigenvalue weighted by Gasteiger charge is 2.25. The number of para-hydroxylation sites is 1. The first-order valence-corrected chi connectivity index (χ1v) is 10.6. The average Bonchev–Trinajstić information content (AvgIpc) is 3.21. The number of halogens is 1. The second-order valence-electron chi connectivity index (χ2n) is 7.53. The van der Waals surface area contributed by atoms with Crippen LogP contribution in [-0.4, -0.2) is 73.5 Å². The molecule has 2 saturated heterocycles. The van der Waals surface area contributed by atoms with E-state index in [2.05, 4.69) is 10.6 Å². The number of piperazine rings is 1. The highest BCUT2D eigenvalue weighted by molar-refractivity contribution is 6.33. The Balaban J connectivity index is 1.30. The SMILES string of the molecule is O=C(CN1CCN(C(=O)c2cccc(N3CCNC3=O)c2)CC1)Nc1ccccc1Cl. The highest BCUT2D eigenvalue weighted by atomic mass is 35.5. The third-order valence-electron chi connectivity index (χ3n) is 5.44. The minimum atomic E-state index is -0.145. The van der Waals surface area contributed by atoms with Crippen LogP contribution in [0.1, 0.15) is 10.4 Å². The summed E-state index contributed by atoms with van der Waals surface area (Å²) in [7, 11) is 0. The van der Waals surface area contributed by atoms with E-state index in [0.717, 1.165) is 5.69 Å². The van der Waals surface area contributed by atoms with Crippen LogP contribution in [0.15, 0.2) is 48.5 Å². The molecule has 8 nitrogen and oxygen atoms in total. The summed E-state index contributed by atoms with van der Waals surface area (Å²) < 4.78 is 0. The third-order valence-corrected chi connectivity index (χ3v) is 5.77. The van der Waals surface area contributed by atoms with E-state index in [0.29, 0.717) is 55.5 Å². The first-order valence-electron chi connectivity index (χ1n) is 10.2. The molecule has 0 atom stereocenters. The van der Waals surface area contributed by atoms with Gasteiger partial charge in [0.15, 0.2) is 0 Å². The zero-order chi connectivity index (χ0) is 21.8. The summed E-state index contributed by atoms with van der Waals surface area (Å²) in [6.45, 7) is 3.71. The monoisotopic (exact) mass is 441 g/mol. The van der Waals surface area contributed by atoms with Crippen LogP contribution >= 0.6 is 11.6 Å². The summed E-state index contributed by atoms with van der Waals surface area (Å²) >= 11 is 6.09. The predicted octanol–water partition coefficient (Wildman–Crippen LogP) is 2.27. The minimum Gasteiger partial charge on any atom is -0.336 e. The number of urea groups is 1. The molecule has 0 spiro atoms. The van der Waals surface area contributed by atoms with Crippen LogP contribution in [0, 0.1) is 0 Å². The Hall–Kier alpha value is -3.10. The Labute approximate surface area is 185 Å². The Kier molecular flexibility index (Phi) is 6.39. The van der Waals surface area contributed by atoms with Crippen LogP contribution in [-0.2, 0) is 4.79 Å². The number of anilines is 2. The quantitative estimate of drug-likeness (QED) is 0.745. The molecule has 0 unspecified atom stereocenters. The number of carbonyl (C=O) groups is 3. The topological polar surface area (TPSA) is 85.0 Å². The third kappa shape index (κ3) is 4.98. The molecule has 2 N–H and O–H groups in total. The minimum absolute atomic E-state index is 0.0679. The van der Waals surface area contributed by atoms with Crippen molar-refractivity contribution in [1.82, 2.24) is 15.1 Å². The van der Waals surface area contributed by atoms with Crippen molar-refractivity contribution in [2.24, 2.45) is 0 Å². The Morgan fingerprint density at radius 3 is 2.48 bits per heavy atom. The molecule has 31 heavy (non-hydrogen) atoms. The first kappa shape index (κ1) is 21.1. The summed E-state index contributed by atoms with van der Waals surface area (Å²) in [6, 6.07) is 14.1.